The molecule has 1 rings (SSSR count). The Balaban J connectivity index is 2.57. The minimum atomic E-state index is 0.677. The first-order valence-corrected chi connectivity index (χ1v) is 8.54. The summed E-state index contributed by atoms with van der Waals surface area (Å²) in [5, 5.41) is 3.56. The first kappa shape index (κ1) is 17.0. The highest BCUT2D eigenvalue weighted by molar-refractivity contribution is 4.80. The number of nitrogens with zero attached hydrogens (tertiary/aromatic N) is 1. The minimum absolute atomic E-state index is 0.677. The molecule has 1 aliphatic heterocycles. The molecule has 0 amide bonds. The Morgan fingerprint density at radius 2 is 1.89 bits per heavy atom. The molecule has 1 aliphatic rings. The van der Waals surface area contributed by atoms with E-state index in [0.717, 1.165) is 17.9 Å². The number of nitrogens with one attached hydrogen (secondary N) is 1. The first-order chi connectivity index (χ1) is 9.08. The molecule has 0 bridgehead atoms. The van der Waals surface area contributed by atoms with Crippen molar-refractivity contribution in [2.75, 3.05) is 19.6 Å². The van der Waals surface area contributed by atoms with Gasteiger partial charge in [-0.05, 0) is 64.5 Å². The van der Waals surface area contributed by atoms with Crippen molar-refractivity contribution in [3.63, 3.8) is 0 Å². The zero-order chi connectivity index (χ0) is 14.3. The molecule has 0 aromatic carbocycles. The van der Waals surface area contributed by atoms with E-state index in [2.05, 4.69) is 44.8 Å². The van der Waals surface area contributed by atoms with Crippen LogP contribution in [0, 0.1) is 11.8 Å². The zero-order valence-electron chi connectivity index (χ0n) is 13.9. The number of piperidine rings is 1. The summed E-state index contributed by atoms with van der Waals surface area (Å²) in [6, 6.07) is 1.45. The van der Waals surface area contributed by atoms with Crippen LogP contribution in [0.3, 0.4) is 0 Å². The zero-order valence-corrected chi connectivity index (χ0v) is 13.9. The van der Waals surface area contributed by atoms with Gasteiger partial charge in [0, 0.05) is 18.6 Å². The monoisotopic (exact) mass is 268 g/mol. The average Bonchev–Trinajstić information content (AvgIpc) is 2.43. The van der Waals surface area contributed by atoms with E-state index in [9.17, 15) is 0 Å². The van der Waals surface area contributed by atoms with Crippen LogP contribution < -0.4 is 5.32 Å². The van der Waals surface area contributed by atoms with Crippen molar-refractivity contribution in [2.45, 2.75) is 78.8 Å². The Kier molecular flexibility index (Phi) is 8.01. The van der Waals surface area contributed by atoms with Crippen LogP contribution in [0.4, 0.5) is 0 Å². The van der Waals surface area contributed by atoms with E-state index in [1.807, 2.05) is 0 Å². The van der Waals surface area contributed by atoms with Crippen molar-refractivity contribution in [2.24, 2.45) is 11.8 Å². The van der Waals surface area contributed by atoms with Crippen LogP contribution in [-0.2, 0) is 0 Å². The van der Waals surface area contributed by atoms with Crippen molar-refractivity contribution >= 4 is 0 Å². The van der Waals surface area contributed by atoms with Crippen molar-refractivity contribution in [3.05, 3.63) is 0 Å². The Bertz CT molecular complexity index is 221. The smallest absolute Gasteiger partial charge is 0.00979 e. The summed E-state index contributed by atoms with van der Waals surface area (Å²) in [6.45, 7) is 15.6. The summed E-state index contributed by atoms with van der Waals surface area (Å²) in [5.41, 5.74) is 0. The van der Waals surface area contributed by atoms with Gasteiger partial charge in [-0.3, -0.25) is 4.90 Å². The van der Waals surface area contributed by atoms with Gasteiger partial charge in [0.15, 0.2) is 0 Å². The molecule has 2 nitrogen and oxygen atoms in total. The van der Waals surface area contributed by atoms with Gasteiger partial charge in [-0.25, -0.2) is 0 Å². The van der Waals surface area contributed by atoms with E-state index in [-0.39, 0.29) is 0 Å². The van der Waals surface area contributed by atoms with E-state index in [1.54, 1.807) is 0 Å². The number of rotatable bonds is 8. The van der Waals surface area contributed by atoms with Gasteiger partial charge in [0.05, 0.1) is 0 Å². The molecule has 0 saturated carbocycles. The second-order valence-electron chi connectivity index (χ2n) is 6.81. The lowest BCUT2D eigenvalue weighted by molar-refractivity contribution is 0.0989. The Morgan fingerprint density at radius 3 is 2.37 bits per heavy atom. The lowest BCUT2D eigenvalue weighted by atomic mass is 9.93. The summed E-state index contributed by atoms with van der Waals surface area (Å²) in [6.07, 6.45) is 6.75. The van der Waals surface area contributed by atoms with E-state index in [4.69, 9.17) is 0 Å². The van der Waals surface area contributed by atoms with Gasteiger partial charge >= 0.3 is 0 Å². The van der Waals surface area contributed by atoms with Crippen LogP contribution in [0.25, 0.3) is 0 Å². The molecule has 0 aliphatic carbocycles. The third-order valence-electron chi connectivity index (χ3n) is 4.84. The molecule has 3 atom stereocenters. The molecule has 1 saturated heterocycles. The molecule has 0 radical (unpaired) electrons. The van der Waals surface area contributed by atoms with Crippen molar-refractivity contribution in [3.8, 4) is 0 Å². The van der Waals surface area contributed by atoms with E-state index >= 15 is 0 Å². The molecule has 1 N–H and O–H groups in total. The molecule has 3 unspecified atom stereocenters. The SMILES string of the molecule is CCC(C)CC(CC)N(CC1CCCNC1)C(C)C. The van der Waals surface area contributed by atoms with E-state index < -0.39 is 0 Å². The van der Waals surface area contributed by atoms with Crippen molar-refractivity contribution < 1.29 is 0 Å². The molecule has 1 fully saturated rings. The third kappa shape index (κ3) is 5.83. The second-order valence-corrected chi connectivity index (χ2v) is 6.81. The number of hydrogen-bond acceptors (Lipinski definition) is 2. The standard InChI is InChI=1S/C17H36N2/c1-6-15(5)11-17(7-2)19(14(3)4)13-16-9-8-10-18-12-16/h14-18H,6-13H2,1-5H3. The first-order valence-electron chi connectivity index (χ1n) is 8.54. The maximum atomic E-state index is 3.56. The van der Waals surface area contributed by atoms with E-state index in [0.29, 0.717) is 6.04 Å². The van der Waals surface area contributed by atoms with Crippen LogP contribution in [0.1, 0.15) is 66.7 Å². The fraction of sp³-hybridized carbons (Fsp3) is 1.00. The summed E-state index contributed by atoms with van der Waals surface area (Å²) < 4.78 is 0. The van der Waals surface area contributed by atoms with Gasteiger partial charge in [-0.2, -0.15) is 0 Å². The quantitative estimate of drug-likeness (QED) is 0.718. The molecule has 0 spiro atoms. The van der Waals surface area contributed by atoms with Gasteiger partial charge in [0.25, 0.3) is 0 Å². The van der Waals surface area contributed by atoms with Crippen molar-refractivity contribution in [1.82, 2.24) is 10.2 Å². The van der Waals surface area contributed by atoms with Gasteiger partial charge in [0.2, 0.25) is 0 Å². The average molecular weight is 268 g/mol. The second kappa shape index (κ2) is 8.97. The molecule has 19 heavy (non-hydrogen) atoms. The maximum absolute atomic E-state index is 3.56. The highest BCUT2D eigenvalue weighted by Gasteiger charge is 2.25. The van der Waals surface area contributed by atoms with Crippen LogP contribution in [0.15, 0.2) is 0 Å². The van der Waals surface area contributed by atoms with Gasteiger partial charge in [0.1, 0.15) is 0 Å². The normalized spacial score (nSPS) is 23.8. The fourth-order valence-electron chi connectivity index (χ4n) is 3.33. The Hall–Kier alpha value is -0.0800. The van der Waals surface area contributed by atoms with Crippen LogP contribution in [0.5, 0.6) is 0 Å². The molecule has 114 valence electrons. The third-order valence-corrected chi connectivity index (χ3v) is 4.84. The summed E-state index contributed by atoms with van der Waals surface area (Å²) in [5.74, 6) is 1.72. The van der Waals surface area contributed by atoms with Gasteiger partial charge in [-0.15, -0.1) is 0 Å². The predicted molar refractivity (Wildman–Crippen MR) is 85.6 cm³/mol. The molecular weight excluding hydrogens is 232 g/mol. The minimum Gasteiger partial charge on any atom is -0.316 e. The number of hydrogen-bond donors (Lipinski definition) is 1. The predicted octanol–water partition coefficient (Wildman–Crippen LogP) is 3.91. The highest BCUT2D eigenvalue weighted by atomic mass is 15.2. The lowest BCUT2D eigenvalue weighted by Gasteiger charge is -2.39. The topological polar surface area (TPSA) is 15.3 Å². The summed E-state index contributed by atoms with van der Waals surface area (Å²) in [7, 11) is 0. The van der Waals surface area contributed by atoms with Crippen molar-refractivity contribution in [1.29, 1.82) is 0 Å². The molecular formula is C17H36N2. The van der Waals surface area contributed by atoms with Crippen LogP contribution >= 0.6 is 0 Å². The maximum Gasteiger partial charge on any atom is 0.00979 e. The van der Waals surface area contributed by atoms with E-state index in [1.165, 1.54) is 51.7 Å². The summed E-state index contributed by atoms with van der Waals surface area (Å²) in [4.78, 5) is 2.78. The van der Waals surface area contributed by atoms with Gasteiger partial charge in [-0.1, -0.05) is 27.2 Å². The molecule has 0 aromatic heterocycles. The van der Waals surface area contributed by atoms with Gasteiger partial charge < -0.3 is 5.32 Å². The Labute approximate surface area is 121 Å². The molecule has 2 heteroatoms. The summed E-state index contributed by atoms with van der Waals surface area (Å²) >= 11 is 0. The lowest BCUT2D eigenvalue weighted by Crippen LogP contribution is -2.46. The van der Waals surface area contributed by atoms with Crippen LogP contribution in [0.2, 0.25) is 0 Å². The molecule has 1 heterocycles. The van der Waals surface area contributed by atoms with Crippen LogP contribution in [-0.4, -0.2) is 36.6 Å². The highest BCUT2D eigenvalue weighted by Crippen LogP contribution is 2.22. The largest absolute Gasteiger partial charge is 0.316 e. The fourth-order valence-corrected chi connectivity index (χ4v) is 3.33. The molecule has 0 aromatic rings. The Morgan fingerprint density at radius 1 is 1.16 bits per heavy atom.